The van der Waals surface area contributed by atoms with Crippen molar-refractivity contribution in [3.05, 3.63) is 35.9 Å². The van der Waals surface area contributed by atoms with Gasteiger partial charge in [-0.25, -0.2) is 0 Å². The summed E-state index contributed by atoms with van der Waals surface area (Å²) in [5.74, 6) is 0.237. The van der Waals surface area contributed by atoms with Crippen LogP contribution in [0.3, 0.4) is 0 Å². The second-order valence-electron chi connectivity index (χ2n) is 6.24. The van der Waals surface area contributed by atoms with Gasteiger partial charge in [0.05, 0.1) is 6.42 Å². The molecule has 2 rings (SSSR count). The monoisotopic (exact) mass is 304 g/mol. The minimum absolute atomic E-state index is 0.237. The van der Waals surface area contributed by atoms with Gasteiger partial charge < -0.3 is 9.64 Å². The second-order valence-corrected chi connectivity index (χ2v) is 6.24. The number of piperazine rings is 1. The average molecular weight is 304 g/mol. The Morgan fingerprint density at radius 2 is 1.82 bits per heavy atom. The predicted octanol–water partition coefficient (Wildman–Crippen LogP) is 2.19. The zero-order valence-electron chi connectivity index (χ0n) is 14.0. The number of methoxy groups -OCH3 is 1. The van der Waals surface area contributed by atoms with Crippen LogP contribution < -0.4 is 0 Å². The maximum Gasteiger partial charge on any atom is 0.227 e. The first kappa shape index (κ1) is 17.0. The molecule has 0 saturated carbocycles. The molecule has 1 aromatic rings. The van der Waals surface area contributed by atoms with Crippen LogP contribution in [0.5, 0.6) is 0 Å². The van der Waals surface area contributed by atoms with Crippen LogP contribution in [-0.2, 0) is 16.0 Å². The van der Waals surface area contributed by atoms with E-state index in [2.05, 4.69) is 18.7 Å². The Hall–Kier alpha value is -1.39. The number of rotatable bonds is 6. The standard InChI is InChI=1S/C18H28N2O2/c1-15-13-19(14-16(2)20(15)10-7-11-22-3)18(21)12-17-8-5-4-6-9-17/h4-6,8-9,15-16H,7,10-14H2,1-3H3. The fourth-order valence-electron chi connectivity index (χ4n) is 3.27. The van der Waals surface area contributed by atoms with Crippen molar-refractivity contribution in [1.29, 1.82) is 0 Å². The zero-order chi connectivity index (χ0) is 15.9. The normalized spacial score (nSPS) is 22.8. The minimum atomic E-state index is 0.237. The van der Waals surface area contributed by atoms with E-state index >= 15 is 0 Å². The fraction of sp³-hybridized carbons (Fsp3) is 0.611. The molecule has 4 nitrogen and oxygen atoms in total. The Labute approximate surface area is 134 Å². The second kappa shape index (κ2) is 8.30. The summed E-state index contributed by atoms with van der Waals surface area (Å²) >= 11 is 0. The van der Waals surface area contributed by atoms with Crippen LogP contribution in [0, 0.1) is 0 Å². The van der Waals surface area contributed by atoms with Gasteiger partial charge in [-0.15, -0.1) is 0 Å². The molecule has 0 bridgehead atoms. The molecular formula is C18H28N2O2. The molecule has 1 aromatic carbocycles. The fourth-order valence-corrected chi connectivity index (χ4v) is 3.27. The summed E-state index contributed by atoms with van der Waals surface area (Å²) in [7, 11) is 1.74. The van der Waals surface area contributed by atoms with Gasteiger partial charge in [0, 0.05) is 45.4 Å². The highest BCUT2D eigenvalue weighted by Gasteiger charge is 2.31. The van der Waals surface area contributed by atoms with Crippen LogP contribution in [-0.4, -0.2) is 61.1 Å². The Balaban J connectivity index is 1.88. The summed E-state index contributed by atoms with van der Waals surface area (Å²) in [6.45, 7) is 7.91. The van der Waals surface area contributed by atoms with E-state index in [9.17, 15) is 4.79 Å². The molecule has 1 fully saturated rings. The summed E-state index contributed by atoms with van der Waals surface area (Å²) in [6, 6.07) is 10.8. The molecule has 2 atom stereocenters. The lowest BCUT2D eigenvalue weighted by atomic mass is 10.1. The summed E-state index contributed by atoms with van der Waals surface area (Å²) in [4.78, 5) is 17.0. The van der Waals surface area contributed by atoms with Crippen LogP contribution in [0.2, 0.25) is 0 Å². The number of carbonyl (C=O) groups is 1. The van der Waals surface area contributed by atoms with Crippen molar-refractivity contribution in [3.63, 3.8) is 0 Å². The lowest BCUT2D eigenvalue weighted by Crippen LogP contribution is -2.58. The van der Waals surface area contributed by atoms with Crippen molar-refractivity contribution in [2.45, 2.75) is 38.8 Å². The first-order valence-corrected chi connectivity index (χ1v) is 8.18. The van der Waals surface area contributed by atoms with Crippen molar-refractivity contribution in [1.82, 2.24) is 9.80 Å². The van der Waals surface area contributed by atoms with E-state index in [0.29, 0.717) is 18.5 Å². The van der Waals surface area contributed by atoms with Gasteiger partial charge in [0.15, 0.2) is 0 Å². The minimum Gasteiger partial charge on any atom is -0.385 e. The van der Waals surface area contributed by atoms with E-state index < -0.39 is 0 Å². The highest BCUT2D eigenvalue weighted by atomic mass is 16.5. The molecule has 1 aliphatic rings. The van der Waals surface area contributed by atoms with Gasteiger partial charge in [-0.2, -0.15) is 0 Å². The third-order valence-corrected chi connectivity index (χ3v) is 4.42. The topological polar surface area (TPSA) is 32.8 Å². The van der Waals surface area contributed by atoms with E-state index in [1.54, 1.807) is 7.11 Å². The average Bonchev–Trinajstić information content (AvgIpc) is 2.51. The van der Waals surface area contributed by atoms with Crippen molar-refractivity contribution in [2.24, 2.45) is 0 Å². The highest BCUT2D eigenvalue weighted by Crippen LogP contribution is 2.17. The Morgan fingerprint density at radius 3 is 2.41 bits per heavy atom. The lowest BCUT2D eigenvalue weighted by molar-refractivity contribution is -0.134. The molecule has 0 N–H and O–H groups in total. The smallest absolute Gasteiger partial charge is 0.227 e. The van der Waals surface area contributed by atoms with Gasteiger partial charge in [0.2, 0.25) is 5.91 Å². The van der Waals surface area contributed by atoms with Crippen molar-refractivity contribution in [2.75, 3.05) is 33.4 Å². The predicted molar refractivity (Wildman–Crippen MR) is 88.8 cm³/mol. The third kappa shape index (κ3) is 4.55. The van der Waals surface area contributed by atoms with E-state index in [-0.39, 0.29) is 5.91 Å². The molecule has 0 spiro atoms. The van der Waals surface area contributed by atoms with Crippen LogP contribution in [0.15, 0.2) is 30.3 Å². The molecule has 0 aromatic heterocycles. The van der Waals surface area contributed by atoms with Gasteiger partial charge in [-0.05, 0) is 25.8 Å². The molecule has 1 aliphatic heterocycles. The molecule has 1 amide bonds. The SMILES string of the molecule is COCCCN1C(C)CN(C(=O)Cc2ccccc2)CC1C. The largest absolute Gasteiger partial charge is 0.385 e. The van der Waals surface area contributed by atoms with Crippen molar-refractivity contribution in [3.8, 4) is 0 Å². The summed E-state index contributed by atoms with van der Waals surface area (Å²) < 4.78 is 5.14. The number of hydrogen-bond donors (Lipinski definition) is 0. The third-order valence-electron chi connectivity index (χ3n) is 4.42. The van der Waals surface area contributed by atoms with E-state index in [4.69, 9.17) is 4.74 Å². The summed E-state index contributed by atoms with van der Waals surface area (Å²) in [5.41, 5.74) is 1.09. The number of carbonyl (C=O) groups excluding carboxylic acids is 1. The first-order valence-electron chi connectivity index (χ1n) is 8.18. The van der Waals surface area contributed by atoms with Gasteiger partial charge in [-0.3, -0.25) is 9.69 Å². The Kier molecular flexibility index (Phi) is 6.40. The summed E-state index contributed by atoms with van der Waals surface area (Å²) in [6.07, 6.45) is 1.55. The maximum absolute atomic E-state index is 12.5. The molecule has 2 unspecified atom stereocenters. The number of amides is 1. The molecule has 22 heavy (non-hydrogen) atoms. The number of hydrogen-bond acceptors (Lipinski definition) is 3. The molecule has 1 saturated heterocycles. The molecule has 0 aliphatic carbocycles. The molecule has 1 heterocycles. The van der Waals surface area contributed by atoms with E-state index in [1.165, 1.54) is 0 Å². The van der Waals surface area contributed by atoms with Crippen LogP contribution >= 0.6 is 0 Å². The number of ether oxygens (including phenoxy) is 1. The number of benzene rings is 1. The van der Waals surface area contributed by atoms with Crippen molar-refractivity contribution < 1.29 is 9.53 Å². The number of nitrogens with zero attached hydrogens (tertiary/aromatic N) is 2. The molecule has 122 valence electrons. The molecular weight excluding hydrogens is 276 g/mol. The highest BCUT2D eigenvalue weighted by molar-refractivity contribution is 5.79. The van der Waals surface area contributed by atoms with Crippen LogP contribution in [0.1, 0.15) is 25.8 Å². The molecule has 0 radical (unpaired) electrons. The van der Waals surface area contributed by atoms with Gasteiger partial charge >= 0.3 is 0 Å². The quantitative estimate of drug-likeness (QED) is 0.755. The summed E-state index contributed by atoms with van der Waals surface area (Å²) in [5, 5.41) is 0. The van der Waals surface area contributed by atoms with Crippen LogP contribution in [0.25, 0.3) is 0 Å². The first-order chi connectivity index (χ1) is 10.6. The van der Waals surface area contributed by atoms with E-state index in [1.807, 2.05) is 35.2 Å². The Morgan fingerprint density at radius 1 is 1.18 bits per heavy atom. The van der Waals surface area contributed by atoms with Crippen molar-refractivity contribution >= 4 is 5.91 Å². The van der Waals surface area contributed by atoms with E-state index in [0.717, 1.165) is 38.2 Å². The van der Waals surface area contributed by atoms with Gasteiger partial charge in [0.1, 0.15) is 0 Å². The lowest BCUT2D eigenvalue weighted by Gasteiger charge is -2.44. The van der Waals surface area contributed by atoms with Gasteiger partial charge in [-0.1, -0.05) is 30.3 Å². The Bertz CT molecular complexity index is 451. The van der Waals surface area contributed by atoms with Crippen LogP contribution in [0.4, 0.5) is 0 Å². The zero-order valence-corrected chi connectivity index (χ0v) is 14.0. The maximum atomic E-state index is 12.5. The molecule has 4 heteroatoms. The van der Waals surface area contributed by atoms with Gasteiger partial charge in [0.25, 0.3) is 0 Å².